The number of nitrogens with one attached hydrogen (secondary N) is 3. The molecule has 0 spiro atoms. The predicted octanol–water partition coefficient (Wildman–Crippen LogP) is 3.74. The van der Waals surface area contributed by atoms with Gasteiger partial charge < -0.3 is 16.0 Å². The maximum Gasteiger partial charge on any atom is 0.251 e. The van der Waals surface area contributed by atoms with Crippen molar-refractivity contribution in [3.05, 3.63) is 70.2 Å². The van der Waals surface area contributed by atoms with Crippen molar-refractivity contribution in [1.82, 2.24) is 16.0 Å². The lowest BCUT2D eigenvalue weighted by Gasteiger charge is -2.12. The molecule has 6 heteroatoms. The highest BCUT2D eigenvalue weighted by Crippen LogP contribution is 2.14. The van der Waals surface area contributed by atoms with Gasteiger partial charge in [0, 0.05) is 30.2 Å². The SMILES string of the molecule is CCCNC(=O)c1cccc(CN=C(NCC)NCc2ccccc2Cl)c1. The summed E-state index contributed by atoms with van der Waals surface area (Å²) in [6.45, 7) is 6.55. The molecule has 2 aromatic carbocycles. The molecule has 0 fully saturated rings. The number of halogens is 1. The van der Waals surface area contributed by atoms with Crippen LogP contribution in [0, 0.1) is 0 Å². The quantitative estimate of drug-likeness (QED) is 0.478. The predicted molar refractivity (Wildman–Crippen MR) is 112 cm³/mol. The smallest absolute Gasteiger partial charge is 0.251 e. The number of nitrogens with zero attached hydrogens (tertiary/aromatic N) is 1. The van der Waals surface area contributed by atoms with Gasteiger partial charge in [0.15, 0.2) is 5.96 Å². The standard InChI is InChI=1S/C21H27ClN4O/c1-3-12-24-20(27)17-10-7-8-16(13-17)14-25-21(23-4-2)26-15-18-9-5-6-11-19(18)22/h5-11,13H,3-4,12,14-15H2,1-2H3,(H,24,27)(H2,23,25,26). The number of rotatable bonds is 8. The molecule has 0 aliphatic carbocycles. The highest BCUT2D eigenvalue weighted by Gasteiger charge is 2.06. The number of carbonyl (C=O) groups excluding carboxylic acids is 1. The Morgan fingerprint density at radius 3 is 2.59 bits per heavy atom. The number of amides is 1. The topological polar surface area (TPSA) is 65.5 Å². The van der Waals surface area contributed by atoms with Crippen LogP contribution in [0.3, 0.4) is 0 Å². The highest BCUT2D eigenvalue weighted by molar-refractivity contribution is 6.31. The largest absolute Gasteiger partial charge is 0.357 e. The molecule has 2 rings (SSSR count). The van der Waals surface area contributed by atoms with Gasteiger partial charge in [0.1, 0.15) is 0 Å². The Morgan fingerprint density at radius 2 is 1.85 bits per heavy atom. The van der Waals surface area contributed by atoms with Crippen molar-refractivity contribution in [2.24, 2.45) is 4.99 Å². The lowest BCUT2D eigenvalue weighted by atomic mass is 10.1. The van der Waals surface area contributed by atoms with E-state index in [1.165, 1.54) is 0 Å². The Morgan fingerprint density at radius 1 is 1.04 bits per heavy atom. The molecule has 0 radical (unpaired) electrons. The minimum absolute atomic E-state index is 0.0496. The Kier molecular flexibility index (Phi) is 8.65. The number of aliphatic imine (C=N–C) groups is 1. The lowest BCUT2D eigenvalue weighted by Crippen LogP contribution is -2.36. The van der Waals surface area contributed by atoms with Gasteiger partial charge in [-0.25, -0.2) is 4.99 Å². The molecule has 3 N–H and O–H groups in total. The molecular weight excluding hydrogens is 360 g/mol. The molecule has 0 saturated heterocycles. The minimum Gasteiger partial charge on any atom is -0.357 e. The van der Waals surface area contributed by atoms with Crippen molar-refractivity contribution in [1.29, 1.82) is 0 Å². The van der Waals surface area contributed by atoms with E-state index in [0.29, 0.717) is 31.2 Å². The van der Waals surface area contributed by atoms with Crippen molar-refractivity contribution in [2.45, 2.75) is 33.4 Å². The molecule has 5 nitrogen and oxygen atoms in total. The van der Waals surface area contributed by atoms with Crippen LogP contribution in [0.2, 0.25) is 5.02 Å². The Labute approximate surface area is 166 Å². The van der Waals surface area contributed by atoms with E-state index in [1.54, 1.807) is 0 Å². The normalized spacial score (nSPS) is 11.1. The van der Waals surface area contributed by atoms with E-state index in [-0.39, 0.29) is 5.91 Å². The number of guanidine groups is 1. The summed E-state index contributed by atoms with van der Waals surface area (Å²) in [7, 11) is 0. The van der Waals surface area contributed by atoms with Gasteiger partial charge in [-0.05, 0) is 42.7 Å². The van der Waals surface area contributed by atoms with E-state index >= 15 is 0 Å². The van der Waals surface area contributed by atoms with Crippen molar-refractivity contribution in [3.63, 3.8) is 0 Å². The van der Waals surface area contributed by atoms with Gasteiger partial charge in [0.2, 0.25) is 0 Å². The van der Waals surface area contributed by atoms with Crippen molar-refractivity contribution in [2.75, 3.05) is 13.1 Å². The summed E-state index contributed by atoms with van der Waals surface area (Å²) in [5, 5.41) is 10.1. The second kappa shape index (κ2) is 11.2. The van der Waals surface area contributed by atoms with Crippen LogP contribution >= 0.6 is 11.6 Å². The first-order valence-corrected chi connectivity index (χ1v) is 9.64. The molecule has 0 bridgehead atoms. The molecule has 0 aliphatic heterocycles. The lowest BCUT2D eigenvalue weighted by molar-refractivity contribution is 0.0953. The fourth-order valence-electron chi connectivity index (χ4n) is 2.48. The van der Waals surface area contributed by atoms with Crippen LogP contribution in [0.25, 0.3) is 0 Å². The third kappa shape index (κ3) is 6.94. The summed E-state index contributed by atoms with van der Waals surface area (Å²) >= 11 is 6.20. The summed E-state index contributed by atoms with van der Waals surface area (Å²) in [6, 6.07) is 15.3. The van der Waals surface area contributed by atoms with E-state index < -0.39 is 0 Å². The number of hydrogen-bond donors (Lipinski definition) is 3. The summed E-state index contributed by atoms with van der Waals surface area (Å²) in [5.74, 6) is 0.657. The molecular formula is C21H27ClN4O. The van der Waals surface area contributed by atoms with Crippen LogP contribution in [0.1, 0.15) is 41.8 Å². The number of carbonyl (C=O) groups is 1. The van der Waals surface area contributed by atoms with Crippen molar-refractivity contribution >= 4 is 23.5 Å². The number of hydrogen-bond acceptors (Lipinski definition) is 2. The Bertz CT molecular complexity index is 776. The van der Waals surface area contributed by atoms with Crippen molar-refractivity contribution < 1.29 is 4.79 Å². The third-order valence-electron chi connectivity index (χ3n) is 3.89. The Balaban J connectivity index is 2.01. The summed E-state index contributed by atoms with van der Waals surface area (Å²) < 4.78 is 0. The fraction of sp³-hybridized carbons (Fsp3) is 0.333. The summed E-state index contributed by atoms with van der Waals surface area (Å²) in [5.41, 5.74) is 2.65. The zero-order chi connectivity index (χ0) is 19.5. The first kappa shape index (κ1) is 20.8. The van der Waals surface area contributed by atoms with E-state index in [4.69, 9.17) is 11.6 Å². The van der Waals surface area contributed by atoms with Gasteiger partial charge in [0.05, 0.1) is 6.54 Å². The average Bonchev–Trinajstić information content (AvgIpc) is 2.69. The molecule has 0 atom stereocenters. The van der Waals surface area contributed by atoms with Crippen LogP contribution in [0.5, 0.6) is 0 Å². The molecule has 0 aliphatic rings. The molecule has 0 saturated carbocycles. The zero-order valence-electron chi connectivity index (χ0n) is 15.9. The first-order chi connectivity index (χ1) is 13.1. The van der Waals surface area contributed by atoms with Crippen LogP contribution in [0.4, 0.5) is 0 Å². The highest BCUT2D eigenvalue weighted by atomic mass is 35.5. The summed E-state index contributed by atoms with van der Waals surface area (Å²) in [6.07, 6.45) is 0.916. The second-order valence-electron chi connectivity index (χ2n) is 6.10. The van der Waals surface area contributed by atoms with Gasteiger partial charge in [-0.3, -0.25) is 4.79 Å². The maximum absolute atomic E-state index is 12.1. The van der Waals surface area contributed by atoms with Crippen LogP contribution < -0.4 is 16.0 Å². The second-order valence-corrected chi connectivity index (χ2v) is 6.50. The van der Waals surface area contributed by atoms with Gasteiger partial charge in [-0.15, -0.1) is 0 Å². The first-order valence-electron chi connectivity index (χ1n) is 9.26. The molecule has 0 unspecified atom stereocenters. The van der Waals surface area contributed by atoms with Crippen molar-refractivity contribution in [3.8, 4) is 0 Å². The Hall–Kier alpha value is -2.53. The number of benzene rings is 2. The molecule has 0 aromatic heterocycles. The van der Waals surface area contributed by atoms with Gasteiger partial charge in [-0.1, -0.05) is 48.9 Å². The zero-order valence-corrected chi connectivity index (χ0v) is 16.6. The van der Waals surface area contributed by atoms with Crippen LogP contribution in [-0.4, -0.2) is 25.0 Å². The van der Waals surface area contributed by atoms with Gasteiger partial charge >= 0.3 is 0 Å². The third-order valence-corrected chi connectivity index (χ3v) is 4.26. The molecule has 2 aromatic rings. The molecule has 1 amide bonds. The maximum atomic E-state index is 12.1. The van der Waals surface area contributed by atoms with Gasteiger partial charge in [0.25, 0.3) is 5.91 Å². The van der Waals surface area contributed by atoms with Crippen LogP contribution in [-0.2, 0) is 13.1 Å². The van der Waals surface area contributed by atoms with E-state index in [9.17, 15) is 4.79 Å². The van der Waals surface area contributed by atoms with E-state index in [0.717, 1.165) is 29.1 Å². The van der Waals surface area contributed by atoms with E-state index in [1.807, 2.05) is 62.4 Å². The van der Waals surface area contributed by atoms with Crippen LogP contribution in [0.15, 0.2) is 53.5 Å². The summed E-state index contributed by atoms with van der Waals surface area (Å²) in [4.78, 5) is 16.7. The van der Waals surface area contributed by atoms with Gasteiger partial charge in [-0.2, -0.15) is 0 Å². The minimum atomic E-state index is -0.0496. The van der Waals surface area contributed by atoms with E-state index in [2.05, 4.69) is 20.9 Å². The average molecular weight is 387 g/mol. The molecule has 0 heterocycles. The fourth-order valence-corrected chi connectivity index (χ4v) is 2.69. The molecule has 27 heavy (non-hydrogen) atoms. The monoisotopic (exact) mass is 386 g/mol. The molecule has 144 valence electrons.